The number of esters is 1. The van der Waals surface area contributed by atoms with E-state index in [1.54, 1.807) is 41.1 Å². The standard InChI is InChI=1S/C52H81NO15S/c1-31-16-12-11-13-17-32(2)43(61-8)28-40-22-19-37(7)52(60,66-40)49(57)50(58)53-23-15-14-18-41(53)51(59)65-44(34(4)26-38-20-21-39(30-64-67-68-69)45(27-38)62-9)29-42(54)33(3)25-36(6)47(56)48(63-10)46(55)35(5)24-31/h11-13,16-17,25,31,33-35,37-41,43-45,47-48,56,60,69H,14-15,18-24,26-30H2,1-10H3/b13-11+,16-12+,32-17+,36-25+/t31-,33-,34-,35?,37-,38?,39+,40?,41+,43+,44+,45?,47-,48?,52-/m1/s1. The lowest BCUT2D eigenvalue weighted by molar-refractivity contribution is -0.463. The number of hydrogen-bond acceptors (Lipinski definition) is 16. The van der Waals surface area contributed by atoms with Crippen LogP contribution in [0.5, 0.6) is 0 Å². The number of allylic oxidation sites excluding steroid dienone is 6. The van der Waals surface area contributed by atoms with Gasteiger partial charge in [0, 0.05) is 77.3 Å². The Morgan fingerprint density at radius 3 is 2.30 bits per heavy atom. The number of aliphatic hydroxyl groups excluding tert-OH is 1. The maximum Gasteiger partial charge on any atom is 0.329 e. The van der Waals surface area contributed by atoms with Crippen molar-refractivity contribution in [3.63, 3.8) is 0 Å². The Hall–Kier alpha value is -3.10. The second-order valence-electron chi connectivity index (χ2n) is 20.2. The van der Waals surface area contributed by atoms with E-state index in [1.165, 1.54) is 12.0 Å². The molecule has 1 saturated carbocycles. The maximum absolute atomic E-state index is 14.5. The van der Waals surface area contributed by atoms with Crippen LogP contribution in [-0.2, 0) is 61.9 Å². The van der Waals surface area contributed by atoms with Crippen LogP contribution in [0.3, 0.4) is 0 Å². The second-order valence-corrected chi connectivity index (χ2v) is 20.4. The summed E-state index contributed by atoms with van der Waals surface area (Å²) in [5, 5.41) is 28.0. The first kappa shape index (κ1) is 58.5. The van der Waals surface area contributed by atoms with E-state index in [0.29, 0.717) is 56.9 Å². The Balaban J connectivity index is 1.69. The van der Waals surface area contributed by atoms with E-state index in [1.807, 2.05) is 58.1 Å². The summed E-state index contributed by atoms with van der Waals surface area (Å²) in [4.78, 5) is 77.3. The van der Waals surface area contributed by atoms with Crippen molar-refractivity contribution in [1.82, 2.24) is 4.90 Å². The van der Waals surface area contributed by atoms with Crippen molar-refractivity contribution in [3.8, 4) is 0 Å². The van der Waals surface area contributed by atoms with Crippen LogP contribution in [0, 0.1) is 41.4 Å². The molecule has 17 heteroatoms. The predicted octanol–water partition coefficient (Wildman–Crippen LogP) is 7.16. The highest BCUT2D eigenvalue weighted by molar-refractivity contribution is 7.74. The number of ketones is 3. The molecule has 1 aliphatic carbocycles. The molecule has 3 heterocycles. The highest BCUT2D eigenvalue weighted by atomic mass is 32.1. The van der Waals surface area contributed by atoms with E-state index < -0.39 is 77.8 Å². The summed E-state index contributed by atoms with van der Waals surface area (Å²) in [6.07, 6.45) is 12.2. The number of carbonyl (C=O) groups is 5. The number of carbonyl (C=O) groups excluding carboxylic acids is 5. The zero-order chi connectivity index (χ0) is 51.0. The lowest BCUT2D eigenvalue weighted by atomic mass is 9.75. The molecule has 16 nitrogen and oxygen atoms in total. The quantitative estimate of drug-likeness (QED) is 0.0291. The van der Waals surface area contributed by atoms with E-state index in [9.17, 15) is 34.2 Å². The molecule has 3 fully saturated rings. The van der Waals surface area contributed by atoms with Crippen molar-refractivity contribution in [2.24, 2.45) is 41.4 Å². The Morgan fingerprint density at radius 1 is 0.884 bits per heavy atom. The average Bonchev–Trinajstić information content (AvgIpc) is 3.33. The highest BCUT2D eigenvalue weighted by Gasteiger charge is 2.53. The number of cyclic esters (lactones) is 1. The topological polar surface area (TPSA) is 203 Å². The number of methoxy groups -OCH3 is 3. The Labute approximate surface area is 415 Å². The molecular weight excluding hydrogens is 911 g/mol. The van der Waals surface area contributed by atoms with Gasteiger partial charge >= 0.3 is 5.97 Å². The van der Waals surface area contributed by atoms with Crippen LogP contribution in [-0.4, -0.2) is 127 Å². The zero-order valence-corrected chi connectivity index (χ0v) is 43.4. The molecule has 69 heavy (non-hydrogen) atoms. The molecule has 0 spiro atoms. The molecule has 2 N–H and O–H groups in total. The fraction of sp³-hybridized carbons (Fsp3) is 0.750. The maximum atomic E-state index is 14.5. The van der Waals surface area contributed by atoms with Crippen LogP contribution in [0.25, 0.3) is 0 Å². The third-order valence-electron chi connectivity index (χ3n) is 15.0. The van der Waals surface area contributed by atoms with Crippen molar-refractivity contribution in [3.05, 3.63) is 47.6 Å². The molecule has 2 bridgehead atoms. The smallest absolute Gasteiger partial charge is 0.329 e. The van der Waals surface area contributed by atoms with Gasteiger partial charge in [-0.1, -0.05) is 76.1 Å². The van der Waals surface area contributed by atoms with Gasteiger partial charge in [-0.15, -0.1) is 4.33 Å². The van der Waals surface area contributed by atoms with Crippen LogP contribution in [0.15, 0.2) is 47.6 Å². The van der Waals surface area contributed by atoms with Gasteiger partial charge in [-0.3, -0.25) is 19.2 Å². The van der Waals surface area contributed by atoms with Gasteiger partial charge in [0.2, 0.25) is 5.79 Å². The summed E-state index contributed by atoms with van der Waals surface area (Å²) in [6, 6.07) is -1.15. The summed E-state index contributed by atoms with van der Waals surface area (Å²) >= 11 is 3.54. The number of ether oxygens (including phenoxy) is 5. The minimum absolute atomic E-state index is 0.0134. The minimum atomic E-state index is -2.44. The Kier molecular flexibility index (Phi) is 23.9. The van der Waals surface area contributed by atoms with E-state index in [0.717, 1.165) is 18.4 Å². The molecule has 5 unspecified atom stereocenters. The predicted molar refractivity (Wildman–Crippen MR) is 260 cm³/mol. The molecule has 3 aliphatic heterocycles. The van der Waals surface area contributed by atoms with E-state index in [-0.39, 0.29) is 67.3 Å². The Bertz CT molecular complexity index is 1840. The number of Topliss-reactive ketones (excluding diaryl/α,β-unsaturated/α-hetero) is 3. The zero-order valence-electron chi connectivity index (χ0n) is 42.5. The lowest BCUT2D eigenvalue weighted by Gasteiger charge is -2.42. The average molecular weight is 992 g/mol. The first-order valence-corrected chi connectivity index (χ1v) is 25.2. The van der Waals surface area contributed by atoms with Crippen LogP contribution >= 0.6 is 12.9 Å². The van der Waals surface area contributed by atoms with Crippen molar-refractivity contribution < 1.29 is 72.1 Å². The van der Waals surface area contributed by atoms with Gasteiger partial charge < -0.3 is 38.8 Å². The number of piperidine rings is 1. The normalized spacial score (nSPS) is 38.8. The van der Waals surface area contributed by atoms with Crippen molar-refractivity contribution in [2.45, 2.75) is 174 Å². The number of fused-ring (bicyclic) bond motifs is 3. The molecule has 2 saturated heterocycles. The van der Waals surface area contributed by atoms with Gasteiger partial charge in [0.1, 0.15) is 30.1 Å². The first-order valence-electron chi connectivity index (χ1n) is 24.9. The van der Waals surface area contributed by atoms with Gasteiger partial charge in [0.25, 0.3) is 11.7 Å². The molecule has 1 amide bonds. The number of amides is 1. The van der Waals surface area contributed by atoms with Gasteiger partial charge in [0.15, 0.2) is 5.78 Å². The van der Waals surface area contributed by atoms with Gasteiger partial charge in [-0.05, 0) is 107 Å². The number of aliphatic hydroxyl groups is 2. The molecule has 4 aliphatic rings. The molecule has 0 aromatic heterocycles. The second kappa shape index (κ2) is 28.2. The van der Waals surface area contributed by atoms with Crippen molar-refractivity contribution >= 4 is 42.1 Å². The van der Waals surface area contributed by atoms with Crippen LogP contribution in [0.1, 0.15) is 126 Å². The molecule has 15 atom stereocenters. The number of nitrogens with zero attached hydrogens (tertiary/aromatic N) is 1. The van der Waals surface area contributed by atoms with Gasteiger partial charge in [-0.2, -0.15) is 0 Å². The molecule has 0 aromatic carbocycles. The van der Waals surface area contributed by atoms with E-state index >= 15 is 0 Å². The highest BCUT2D eigenvalue weighted by Crippen LogP contribution is 2.39. The van der Waals surface area contributed by atoms with Crippen molar-refractivity contribution in [1.29, 1.82) is 0 Å². The molecule has 4 rings (SSSR count). The minimum Gasteiger partial charge on any atom is -0.460 e. The van der Waals surface area contributed by atoms with Gasteiger partial charge in [-0.25, -0.2) is 9.68 Å². The van der Waals surface area contributed by atoms with Gasteiger partial charge in [0.05, 0.1) is 24.9 Å². The number of thiol groups is 1. The molecule has 0 radical (unpaired) electrons. The van der Waals surface area contributed by atoms with E-state index in [4.69, 9.17) is 28.6 Å². The summed E-state index contributed by atoms with van der Waals surface area (Å²) in [5.74, 6) is -7.97. The Morgan fingerprint density at radius 2 is 1.62 bits per heavy atom. The SMILES string of the molecule is COC1CC(C[C@@H](C)[C@@H]2CC(=O)[C@H](C)/C=C(\C)[C@@H](O)C(OC)C(=O)C(C)C[C@H](C)/C=C/C=C/C=C(\C)[C@@H](OC)CC3CC[C@@H](C)[C@@](O)(O3)C(=O)C(=O)N3CCCC[C@H]3C(=O)O2)CC[C@H]1COOOS. The monoisotopic (exact) mass is 992 g/mol. The third kappa shape index (κ3) is 16.2. The molecular formula is C52H81NO15S. The lowest BCUT2D eigenvalue weighted by Crippen LogP contribution is -2.61. The summed E-state index contributed by atoms with van der Waals surface area (Å²) in [6.45, 7) is 13.0. The fourth-order valence-corrected chi connectivity index (χ4v) is 10.6. The van der Waals surface area contributed by atoms with Crippen LogP contribution in [0.4, 0.5) is 0 Å². The number of rotatable bonds is 10. The van der Waals surface area contributed by atoms with Crippen LogP contribution < -0.4 is 0 Å². The molecule has 0 aromatic rings. The summed E-state index contributed by atoms with van der Waals surface area (Å²) < 4.78 is 34.0. The largest absolute Gasteiger partial charge is 0.460 e. The fourth-order valence-electron chi connectivity index (χ4n) is 10.6. The summed E-state index contributed by atoms with van der Waals surface area (Å²) in [7, 11) is 4.59. The van der Waals surface area contributed by atoms with Crippen molar-refractivity contribution in [2.75, 3.05) is 34.5 Å². The number of hydrogen-bond donors (Lipinski definition) is 3. The molecule has 390 valence electrons. The van der Waals surface area contributed by atoms with Crippen LogP contribution in [0.2, 0.25) is 0 Å². The van der Waals surface area contributed by atoms with E-state index in [2.05, 4.69) is 22.3 Å². The third-order valence-corrected chi connectivity index (χ3v) is 15.1. The first-order chi connectivity index (χ1) is 32.8. The summed E-state index contributed by atoms with van der Waals surface area (Å²) in [5.41, 5.74) is 1.26.